The first-order valence-electron chi connectivity index (χ1n) is 8.92. The van der Waals surface area contributed by atoms with Crippen molar-refractivity contribution in [3.05, 3.63) is 58.6 Å². The van der Waals surface area contributed by atoms with Gasteiger partial charge in [-0.3, -0.25) is 20.4 Å². The lowest BCUT2D eigenvalue weighted by Crippen LogP contribution is -2.41. The molecule has 0 atom stereocenters. The van der Waals surface area contributed by atoms with E-state index in [1.807, 2.05) is 30.3 Å². The van der Waals surface area contributed by atoms with E-state index in [9.17, 15) is 9.59 Å². The third-order valence-electron chi connectivity index (χ3n) is 4.26. The molecule has 0 spiro atoms. The fourth-order valence-corrected chi connectivity index (χ4v) is 3.72. The molecular weight excluding hydrogens is 406 g/mol. The molecule has 0 aliphatic carbocycles. The average Bonchev–Trinajstić information content (AvgIpc) is 3.18. The Morgan fingerprint density at radius 1 is 0.867 bits per heavy atom. The summed E-state index contributed by atoms with van der Waals surface area (Å²) in [4.78, 5) is 30.1. The quantitative estimate of drug-likeness (QED) is 0.586. The number of benzene rings is 2. The third-order valence-corrected chi connectivity index (χ3v) is 5.47. The first-order chi connectivity index (χ1) is 14.5. The largest absolute Gasteiger partial charge is 0.496 e. The van der Waals surface area contributed by atoms with Gasteiger partial charge in [-0.05, 0) is 6.92 Å². The fraction of sp³-hybridized carbons (Fsp3) is 0.190. The topological polar surface area (TPSA) is 98.8 Å². The molecule has 8 nitrogen and oxygen atoms in total. The van der Waals surface area contributed by atoms with Crippen LogP contribution in [0.4, 0.5) is 0 Å². The van der Waals surface area contributed by atoms with E-state index in [-0.39, 0.29) is 11.3 Å². The third kappa shape index (κ3) is 4.36. The smallest absolute Gasteiger partial charge is 0.281 e. The molecule has 3 aromatic rings. The lowest BCUT2D eigenvalue weighted by Gasteiger charge is -2.14. The lowest BCUT2D eigenvalue weighted by atomic mass is 10.1. The van der Waals surface area contributed by atoms with Gasteiger partial charge in [0, 0.05) is 17.7 Å². The summed E-state index contributed by atoms with van der Waals surface area (Å²) >= 11 is 1.25. The van der Waals surface area contributed by atoms with Crippen molar-refractivity contribution in [2.75, 3.05) is 21.3 Å². The van der Waals surface area contributed by atoms with Gasteiger partial charge in [-0.25, -0.2) is 4.98 Å². The summed E-state index contributed by atoms with van der Waals surface area (Å²) in [5, 5.41) is 0.728. The van der Waals surface area contributed by atoms with Crippen molar-refractivity contribution in [1.29, 1.82) is 0 Å². The van der Waals surface area contributed by atoms with Crippen LogP contribution >= 0.6 is 11.3 Å². The zero-order valence-electron chi connectivity index (χ0n) is 16.9. The summed E-state index contributed by atoms with van der Waals surface area (Å²) in [5.74, 6) is 0.0376. The van der Waals surface area contributed by atoms with Gasteiger partial charge in [0.25, 0.3) is 11.8 Å². The molecule has 0 saturated heterocycles. The Bertz CT molecular complexity index is 1070. The molecule has 2 aromatic carbocycles. The van der Waals surface area contributed by atoms with Gasteiger partial charge >= 0.3 is 0 Å². The van der Waals surface area contributed by atoms with Gasteiger partial charge in [-0.2, -0.15) is 0 Å². The maximum absolute atomic E-state index is 12.6. The number of carbonyl (C=O) groups excluding carboxylic acids is 2. The number of thiazole rings is 1. The molecule has 0 saturated carbocycles. The fourth-order valence-electron chi connectivity index (χ4n) is 2.76. The van der Waals surface area contributed by atoms with Gasteiger partial charge in [-0.1, -0.05) is 30.3 Å². The van der Waals surface area contributed by atoms with Crippen LogP contribution < -0.4 is 25.1 Å². The Labute approximate surface area is 177 Å². The molecule has 1 heterocycles. The number of methoxy groups -OCH3 is 3. The highest BCUT2D eigenvalue weighted by Crippen LogP contribution is 2.34. The molecule has 156 valence electrons. The van der Waals surface area contributed by atoms with Gasteiger partial charge in [0.2, 0.25) is 0 Å². The highest BCUT2D eigenvalue weighted by molar-refractivity contribution is 7.17. The number of hydrogen-bond donors (Lipinski definition) is 2. The normalized spacial score (nSPS) is 10.3. The highest BCUT2D eigenvalue weighted by atomic mass is 32.1. The van der Waals surface area contributed by atoms with Crippen LogP contribution in [-0.4, -0.2) is 38.1 Å². The summed E-state index contributed by atoms with van der Waals surface area (Å²) in [7, 11) is 4.38. The van der Waals surface area contributed by atoms with Crippen molar-refractivity contribution in [3.8, 4) is 27.8 Å². The molecule has 9 heteroatoms. The van der Waals surface area contributed by atoms with Crippen molar-refractivity contribution in [3.63, 3.8) is 0 Å². The molecule has 0 bridgehead atoms. The molecule has 0 radical (unpaired) electrons. The van der Waals surface area contributed by atoms with E-state index in [1.54, 1.807) is 6.92 Å². The first-order valence-corrected chi connectivity index (χ1v) is 9.73. The Hall–Kier alpha value is -3.59. The van der Waals surface area contributed by atoms with E-state index in [1.165, 1.54) is 44.8 Å². The average molecular weight is 427 g/mol. The summed E-state index contributed by atoms with van der Waals surface area (Å²) in [5.41, 5.74) is 6.51. The Morgan fingerprint density at radius 3 is 2.10 bits per heavy atom. The summed E-state index contributed by atoms with van der Waals surface area (Å²) in [6.07, 6.45) is 0. The molecule has 2 N–H and O–H groups in total. The number of amides is 2. The SMILES string of the molecule is COc1cc(OC)c(C(=O)NNC(=O)c2sc(-c3ccccc3)nc2C)cc1OC. The van der Waals surface area contributed by atoms with Gasteiger partial charge in [0.15, 0.2) is 11.5 Å². The molecule has 0 aliphatic rings. The second-order valence-electron chi connectivity index (χ2n) is 6.12. The van der Waals surface area contributed by atoms with Crippen LogP contribution in [0, 0.1) is 6.92 Å². The number of aryl methyl sites for hydroxylation is 1. The number of ether oxygens (including phenoxy) is 3. The number of hydrogen-bond acceptors (Lipinski definition) is 7. The van der Waals surface area contributed by atoms with Crippen LogP contribution in [0.2, 0.25) is 0 Å². The van der Waals surface area contributed by atoms with Crippen LogP contribution in [0.5, 0.6) is 17.2 Å². The van der Waals surface area contributed by atoms with E-state index < -0.39 is 11.8 Å². The maximum Gasteiger partial charge on any atom is 0.281 e. The van der Waals surface area contributed by atoms with E-state index in [0.29, 0.717) is 22.1 Å². The molecular formula is C21H21N3O5S. The van der Waals surface area contributed by atoms with Gasteiger partial charge in [-0.15, -0.1) is 11.3 Å². The number of nitrogens with one attached hydrogen (secondary N) is 2. The maximum atomic E-state index is 12.6. The Morgan fingerprint density at radius 2 is 1.47 bits per heavy atom. The molecule has 0 fully saturated rings. The Balaban J connectivity index is 1.75. The summed E-state index contributed by atoms with van der Waals surface area (Å²) in [6, 6.07) is 12.6. The van der Waals surface area contributed by atoms with Gasteiger partial charge < -0.3 is 14.2 Å². The molecule has 0 aliphatic heterocycles. The monoisotopic (exact) mass is 427 g/mol. The predicted octanol–water partition coefficient (Wildman–Crippen LogP) is 3.22. The van der Waals surface area contributed by atoms with Crippen molar-refractivity contribution < 1.29 is 23.8 Å². The van der Waals surface area contributed by atoms with Gasteiger partial charge in [0.1, 0.15) is 15.6 Å². The first kappa shape index (κ1) is 21.1. The molecule has 3 rings (SSSR count). The number of rotatable bonds is 6. The minimum atomic E-state index is -0.563. The number of aromatic nitrogens is 1. The number of hydrazine groups is 1. The summed E-state index contributed by atoms with van der Waals surface area (Å²) < 4.78 is 15.7. The summed E-state index contributed by atoms with van der Waals surface area (Å²) in [6.45, 7) is 1.75. The number of carbonyl (C=O) groups is 2. The van der Waals surface area contributed by atoms with Crippen molar-refractivity contribution in [2.45, 2.75) is 6.92 Å². The molecule has 30 heavy (non-hydrogen) atoms. The van der Waals surface area contributed by atoms with Crippen LogP contribution in [0.15, 0.2) is 42.5 Å². The van der Waals surface area contributed by atoms with Crippen LogP contribution in [0.25, 0.3) is 10.6 Å². The zero-order chi connectivity index (χ0) is 21.7. The second kappa shape index (κ2) is 9.27. The standard InChI is InChI=1S/C21H21N3O5S/c1-12-18(30-21(22-12)13-8-6-5-7-9-13)20(26)24-23-19(25)14-10-16(28-3)17(29-4)11-15(14)27-2/h5-11H,1-4H3,(H,23,25)(H,24,26). The lowest BCUT2D eigenvalue weighted by molar-refractivity contribution is 0.0846. The molecule has 2 amide bonds. The zero-order valence-corrected chi connectivity index (χ0v) is 17.8. The minimum absolute atomic E-state index is 0.182. The van der Waals surface area contributed by atoms with Crippen LogP contribution in [-0.2, 0) is 0 Å². The van der Waals surface area contributed by atoms with E-state index in [2.05, 4.69) is 15.8 Å². The van der Waals surface area contributed by atoms with Crippen molar-refractivity contribution in [1.82, 2.24) is 15.8 Å². The van der Waals surface area contributed by atoms with Gasteiger partial charge in [0.05, 0.1) is 32.6 Å². The molecule has 1 aromatic heterocycles. The second-order valence-corrected chi connectivity index (χ2v) is 7.11. The van der Waals surface area contributed by atoms with E-state index in [4.69, 9.17) is 14.2 Å². The van der Waals surface area contributed by atoms with Crippen molar-refractivity contribution in [2.24, 2.45) is 0 Å². The minimum Gasteiger partial charge on any atom is -0.496 e. The number of nitrogens with zero attached hydrogens (tertiary/aromatic N) is 1. The van der Waals surface area contributed by atoms with Crippen molar-refractivity contribution >= 4 is 23.2 Å². The van der Waals surface area contributed by atoms with Crippen LogP contribution in [0.1, 0.15) is 25.7 Å². The van der Waals surface area contributed by atoms with E-state index in [0.717, 1.165) is 10.6 Å². The highest BCUT2D eigenvalue weighted by Gasteiger charge is 2.20. The molecule has 0 unspecified atom stereocenters. The van der Waals surface area contributed by atoms with Crippen LogP contribution in [0.3, 0.4) is 0 Å². The Kier molecular flexibility index (Phi) is 6.53. The van der Waals surface area contributed by atoms with E-state index >= 15 is 0 Å². The predicted molar refractivity (Wildman–Crippen MR) is 113 cm³/mol.